The Morgan fingerprint density at radius 3 is 2.19 bits per heavy atom. The number of anilines is 1. The molecule has 8 heteroatoms. The number of rotatable bonds is 7. The Hall–Kier alpha value is -3.03. The Labute approximate surface area is 193 Å². The molecular formula is C24H24ClNO5S. The van der Waals surface area contributed by atoms with Gasteiger partial charge in [0.2, 0.25) is 0 Å². The van der Waals surface area contributed by atoms with E-state index in [1.54, 1.807) is 12.1 Å². The summed E-state index contributed by atoms with van der Waals surface area (Å²) in [6, 6.07) is 15.6. The second-order valence-electron chi connectivity index (χ2n) is 7.31. The van der Waals surface area contributed by atoms with Crippen LogP contribution in [0.4, 0.5) is 5.69 Å². The van der Waals surface area contributed by atoms with E-state index in [2.05, 4.69) is 0 Å². The van der Waals surface area contributed by atoms with Crippen LogP contribution in [-0.2, 0) is 14.8 Å². The van der Waals surface area contributed by atoms with Crippen molar-refractivity contribution in [1.29, 1.82) is 0 Å². The lowest BCUT2D eigenvalue weighted by Gasteiger charge is -2.23. The topological polar surface area (TPSA) is 72.9 Å². The van der Waals surface area contributed by atoms with E-state index in [9.17, 15) is 13.2 Å². The van der Waals surface area contributed by atoms with Crippen LogP contribution < -0.4 is 13.8 Å². The summed E-state index contributed by atoms with van der Waals surface area (Å²) in [6.07, 6.45) is 0. The van der Waals surface area contributed by atoms with Gasteiger partial charge in [-0.25, -0.2) is 8.42 Å². The number of carbonyl (C=O) groups is 1. The minimum Gasteiger partial charge on any atom is -0.497 e. The Morgan fingerprint density at radius 2 is 1.59 bits per heavy atom. The molecular weight excluding hydrogens is 450 g/mol. The zero-order valence-electron chi connectivity index (χ0n) is 18.3. The summed E-state index contributed by atoms with van der Waals surface area (Å²) in [5.74, 6) is 0.338. The second kappa shape index (κ2) is 9.63. The van der Waals surface area contributed by atoms with Crippen molar-refractivity contribution in [3.63, 3.8) is 0 Å². The van der Waals surface area contributed by atoms with Crippen LogP contribution in [-0.4, -0.2) is 28.0 Å². The van der Waals surface area contributed by atoms with Crippen LogP contribution in [0, 0.1) is 20.8 Å². The molecule has 3 aromatic rings. The number of hydrogen-bond acceptors (Lipinski definition) is 5. The summed E-state index contributed by atoms with van der Waals surface area (Å²) in [7, 11) is -2.71. The first-order chi connectivity index (χ1) is 15.1. The van der Waals surface area contributed by atoms with Crippen molar-refractivity contribution in [3.05, 3.63) is 82.4 Å². The molecule has 0 heterocycles. The van der Waals surface area contributed by atoms with Crippen LogP contribution >= 0.6 is 11.6 Å². The van der Waals surface area contributed by atoms with Gasteiger partial charge in [-0.05, 0) is 92.1 Å². The molecule has 0 aliphatic rings. The molecule has 0 aliphatic heterocycles. The number of ether oxygens (including phenoxy) is 2. The van der Waals surface area contributed by atoms with Crippen molar-refractivity contribution in [1.82, 2.24) is 0 Å². The number of methoxy groups -OCH3 is 1. The van der Waals surface area contributed by atoms with Crippen LogP contribution in [0.1, 0.15) is 16.7 Å². The Morgan fingerprint density at radius 1 is 0.969 bits per heavy atom. The zero-order valence-corrected chi connectivity index (χ0v) is 19.8. The lowest BCUT2D eigenvalue weighted by atomic mass is 10.1. The van der Waals surface area contributed by atoms with Crippen molar-refractivity contribution in [3.8, 4) is 11.5 Å². The predicted molar refractivity (Wildman–Crippen MR) is 125 cm³/mol. The number of hydrogen-bond donors (Lipinski definition) is 0. The third kappa shape index (κ3) is 5.06. The van der Waals surface area contributed by atoms with Crippen LogP contribution in [0.5, 0.6) is 11.5 Å². The summed E-state index contributed by atoms with van der Waals surface area (Å²) in [5, 5.41) is 0.389. The van der Waals surface area contributed by atoms with Gasteiger partial charge in [-0.1, -0.05) is 17.7 Å². The van der Waals surface area contributed by atoms with Crippen molar-refractivity contribution < 1.29 is 22.7 Å². The molecule has 3 aromatic carbocycles. The largest absolute Gasteiger partial charge is 0.497 e. The van der Waals surface area contributed by atoms with Crippen LogP contribution in [0.2, 0.25) is 5.02 Å². The van der Waals surface area contributed by atoms with E-state index < -0.39 is 22.5 Å². The molecule has 0 spiro atoms. The summed E-state index contributed by atoms with van der Waals surface area (Å²) in [5.41, 5.74) is 3.07. The van der Waals surface area contributed by atoms with Gasteiger partial charge >= 0.3 is 0 Å². The van der Waals surface area contributed by atoms with E-state index in [0.29, 0.717) is 16.5 Å². The SMILES string of the molecule is COc1ccc(N(C(=O)COc2cc(C)cc(C)c2C)S(=O)(=O)c2ccc(Cl)cc2)cc1. The smallest absolute Gasteiger partial charge is 0.278 e. The fourth-order valence-electron chi connectivity index (χ4n) is 3.20. The van der Waals surface area contributed by atoms with Crippen molar-refractivity contribution >= 4 is 33.2 Å². The van der Waals surface area contributed by atoms with Gasteiger partial charge in [-0.3, -0.25) is 4.79 Å². The Bertz CT molecular complexity index is 1220. The minimum absolute atomic E-state index is 0.0614. The summed E-state index contributed by atoms with van der Waals surface area (Å²) >= 11 is 5.90. The number of aryl methyl sites for hydroxylation is 2. The number of nitrogens with zero attached hydrogens (tertiary/aromatic N) is 1. The van der Waals surface area contributed by atoms with Gasteiger partial charge in [0.05, 0.1) is 17.7 Å². The molecule has 0 aromatic heterocycles. The van der Waals surface area contributed by atoms with Gasteiger partial charge in [0, 0.05) is 5.02 Å². The molecule has 0 saturated heterocycles. The van der Waals surface area contributed by atoms with E-state index >= 15 is 0 Å². The van der Waals surface area contributed by atoms with E-state index in [0.717, 1.165) is 21.0 Å². The van der Waals surface area contributed by atoms with E-state index in [4.69, 9.17) is 21.1 Å². The van der Waals surface area contributed by atoms with Gasteiger partial charge in [-0.2, -0.15) is 4.31 Å². The first-order valence-electron chi connectivity index (χ1n) is 9.82. The molecule has 3 rings (SSSR count). The molecule has 32 heavy (non-hydrogen) atoms. The molecule has 0 bridgehead atoms. The number of amides is 1. The molecule has 0 N–H and O–H groups in total. The van der Waals surface area contributed by atoms with Crippen LogP contribution in [0.3, 0.4) is 0 Å². The van der Waals surface area contributed by atoms with E-state index in [1.807, 2.05) is 32.9 Å². The van der Waals surface area contributed by atoms with Gasteiger partial charge in [0.25, 0.3) is 15.9 Å². The van der Waals surface area contributed by atoms with Crippen LogP contribution in [0.15, 0.2) is 65.6 Å². The fourth-order valence-corrected chi connectivity index (χ4v) is 4.73. The molecule has 0 fully saturated rings. The maximum Gasteiger partial charge on any atom is 0.278 e. The summed E-state index contributed by atoms with van der Waals surface area (Å²) in [4.78, 5) is 13.1. The second-order valence-corrected chi connectivity index (χ2v) is 9.53. The molecule has 6 nitrogen and oxygen atoms in total. The number of sulfonamides is 1. The predicted octanol–water partition coefficient (Wildman–Crippen LogP) is 5.07. The molecule has 0 atom stereocenters. The standard InChI is InChI=1S/C24H24ClNO5S/c1-16-13-17(2)18(3)23(14-16)31-15-24(27)26(20-7-9-21(30-4)10-8-20)32(28,29)22-11-5-19(25)6-12-22/h5-14H,15H2,1-4H3. The highest BCUT2D eigenvalue weighted by Crippen LogP contribution is 2.28. The highest BCUT2D eigenvalue weighted by molar-refractivity contribution is 7.93. The van der Waals surface area contributed by atoms with Crippen molar-refractivity contribution in [2.24, 2.45) is 0 Å². The minimum atomic E-state index is -4.22. The van der Waals surface area contributed by atoms with Gasteiger partial charge < -0.3 is 9.47 Å². The molecule has 0 saturated carbocycles. The third-order valence-electron chi connectivity index (χ3n) is 5.00. The summed E-state index contributed by atoms with van der Waals surface area (Å²) < 4.78 is 38.4. The van der Waals surface area contributed by atoms with Gasteiger partial charge in [0.1, 0.15) is 11.5 Å². The maximum atomic E-state index is 13.4. The lowest BCUT2D eigenvalue weighted by molar-refractivity contribution is -0.119. The van der Waals surface area contributed by atoms with E-state index in [-0.39, 0.29) is 10.6 Å². The first-order valence-corrected chi connectivity index (χ1v) is 11.6. The van der Waals surface area contributed by atoms with Crippen molar-refractivity contribution in [2.45, 2.75) is 25.7 Å². The lowest BCUT2D eigenvalue weighted by Crippen LogP contribution is -2.40. The zero-order chi connectivity index (χ0) is 23.5. The molecule has 0 aliphatic carbocycles. The van der Waals surface area contributed by atoms with Crippen molar-refractivity contribution in [2.75, 3.05) is 18.0 Å². The number of carbonyl (C=O) groups excluding carboxylic acids is 1. The molecule has 1 amide bonds. The third-order valence-corrected chi connectivity index (χ3v) is 7.02. The van der Waals surface area contributed by atoms with E-state index in [1.165, 1.54) is 43.5 Å². The fraction of sp³-hybridized carbons (Fsp3) is 0.208. The van der Waals surface area contributed by atoms with Crippen LogP contribution in [0.25, 0.3) is 0 Å². The Kier molecular flexibility index (Phi) is 7.11. The summed E-state index contributed by atoms with van der Waals surface area (Å²) in [6.45, 7) is 5.31. The highest BCUT2D eigenvalue weighted by Gasteiger charge is 2.31. The normalized spacial score (nSPS) is 11.2. The number of halogens is 1. The monoisotopic (exact) mass is 473 g/mol. The molecule has 0 unspecified atom stereocenters. The van der Waals surface area contributed by atoms with Gasteiger partial charge in [0.15, 0.2) is 6.61 Å². The maximum absolute atomic E-state index is 13.4. The average Bonchev–Trinajstić information content (AvgIpc) is 2.76. The Balaban J connectivity index is 1.98. The quantitative estimate of drug-likeness (QED) is 0.478. The molecule has 0 radical (unpaired) electrons. The number of benzene rings is 3. The van der Waals surface area contributed by atoms with Gasteiger partial charge in [-0.15, -0.1) is 0 Å². The average molecular weight is 474 g/mol. The first kappa shape index (κ1) is 23.6. The molecule has 168 valence electrons. The highest BCUT2D eigenvalue weighted by atomic mass is 35.5.